The van der Waals surface area contributed by atoms with Crippen molar-refractivity contribution in [2.24, 2.45) is 11.8 Å². The van der Waals surface area contributed by atoms with Crippen molar-refractivity contribution >= 4 is 23.3 Å². The van der Waals surface area contributed by atoms with E-state index in [1.807, 2.05) is 0 Å². The lowest BCUT2D eigenvalue weighted by Gasteiger charge is -2.33. The van der Waals surface area contributed by atoms with E-state index in [0.717, 1.165) is 24.4 Å². The average molecular weight is 296 g/mol. The Labute approximate surface area is 125 Å². The van der Waals surface area contributed by atoms with E-state index in [-0.39, 0.29) is 5.97 Å². The molecule has 0 aliphatic heterocycles. The van der Waals surface area contributed by atoms with Crippen LogP contribution in [0.2, 0.25) is 5.02 Å². The number of anilines is 1. The fourth-order valence-electron chi connectivity index (χ4n) is 2.82. The Hall–Kier alpha value is -1.22. The molecule has 110 valence electrons. The number of carbonyl (C=O) groups is 1. The van der Waals surface area contributed by atoms with Gasteiger partial charge < -0.3 is 10.1 Å². The predicted molar refractivity (Wildman–Crippen MR) is 82.4 cm³/mol. The van der Waals surface area contributed by atoms with Gasteiger partial charge in [-0.15, -0.1) is 0 Å². The van der Waals surface area contributed by atoms with E-state index in [4.69, 9.17) is 16.3 Å². The molecule has 0 heterocycles. The van der Waals surface area contributed by atoms with Crippen molar-refractivity contribution in [3.63, 3.8) is 0 Å². The van der Waals surface area contributed by atoms with Gasteiger partial charge in [-0.3, -0.25) is 0 Å². The maximum atomic E-state index is 11.8. The molecule has 1 aliphatic carbocycles. The number of benzene rings is 1. The fourth-order valence-corrected chi connectivity index (χ4v) is 2.99. The number of rotatable bonds is 3. The molecule has 1 fully saturated rings. The number of esters is 1. The number of hydrogen-bond acceptors (Lipinski definition) is 3. The van der Waals surface area contributed by atoms with Crippen LogP contribution in [0.5, 0.6) is 0 Å². The molecule has 0 amide bonds. The van der Waals surface area contributed by atoms with Crippen LogP contribution in [-0.4, -0.2) is 19.1 Å². The molecule has 1 aliphatic rings. The van der Waals surface area contributed by atoms with E-state index in [0.29, 0.717) is 22.5 Å². The molecule has 0 saturated heterocycles. The van der Waals surface area contributed by atoms with Crippen molar-refractivity contribution in [2.75, 3.05) is 12.4 Å². The lowest BCUT2D eigenvalue weighted by molar-refractivity contribution is 0.0601. The summed E-state index contributed by atoms with van der Waals surface area (Å²) in [6.07, 6.45) is 3.46. The second kappa shape index (κ2) is 6.49. The highest BCUT2D eigenvalue weighted by molar-refractivity contribution is 6.31. The Morgan fingerprint density at radius 3 is 2.70 bits per heavy atom. The van der Waals surface area contributed by atoms with Crippen molar-refractivity contribution in [1.82, 2.24) is 0 Å². The van der Waals surface area contributed by atoms with Gasteiger partial charge in [0.1, 0.15) is 0 Å². The van der Waals surface area contributed by atoms with Crippen molar-refractivity contribution in [3.8, 4) is 0 Å². The van der Waals surface area contributed by atoms with E-state index < -0.39 is 0 Å². The molecule has 0 bridgehead atoms. The average Bonchev–Trinajstić information content (AvgIpc) is 2.42. The molecule has 1 aromatic carbocycles. The van der Waals surface area contributed by atoms with Crippen LogP contribution in [0, 0.1) is 11.8 Å². The summed E-state index contributed by atoms with van der Waals surface area (Å²) in [4.78, 5) is 11.8. The van der Waals surface area contributed by atoms with Gasteiger partial charge in [-0.05, 0) is 49.3 Å². The quantitative estimate of drug-likeness (QED) is 0.842. The molecule has 1 N–H and O–H groups in total. The second-order valence-electron chi connectivity index (χ2n) is 5.79. The smallest absolute Gasteiger partial charge is 0.339 e. The lowest BCUT2D eigenvalue weighted by atomic mass is 9.79. The van der Waals surface area contributed by atoms with Gasteiger partial charge in [0.25, 0.3) is 0 Å². The van der Waals surface area contributed by atoms with Gasteiger partial charge in [0.05, 0.1) is 18.4 Å². The summed E-state index contributed by atoms with van der Waals surface area (Å²) in [6.45, 7) is 4.60. The molecule has 0 aromatic heterocycles. The Balaban J connectivity index is 2.16. The molecular weight excluding hydrogens is 274 g/mol. The van der Waals surface area contributed by atoms with E-state index in [9.17, 15) is 4.79 Å². The van der Waals surface area contributed by atoms with Crippen molar-refractivity contribution in [2.45, 2.75) is 39.2 Å². The summed E-state index contributed by atoms with van der Waals surface area (Å²) in [5, 5.41) is 4.09. The van der Waals surface area contributed by atoms with E-state index >= 15 is 0 Å². The highest BCUT2D eigenvalue weighted by Crippen LogP contribution is 2.32. The molecule has 3 atom stereocenters. The van der Waals surface area contributed by atoms with Gasteiger partial charge in [0.2, 0.25) is 0 Å². The van der Waals surface area contributed by atoms with Gasteiger partial charge in [-0.25, -0.2) is 4.79 Å². The number of halogens is 1. The Bertz CT molecular complexity index is 489. The normalized spacial score (nSPS) is 26.1. The minimum Gasteiger partial charge on any atom is -0.465 e. The molecule has 4 heteroatoms. The summed E-state index contributed by atoms with van der Waals surface area (Å²) in [7, 11) is 1.39. The van der Waals surface area contributed by atoms with Crippen molar-refractivity contribution in [3.05, 3.63) is 28.8 Å². The van der Waals surface area contributed by atoms with Gasteiger partial charge in [-0.2, -0.15) is 0 Å². The Kier molecular flexibility index (Phi) is 4.92. The van der Waals surface area contributed by atoms with Crippen LogP contribution in [-0.2, 0) is 4.74 Å². The first kappa shape index (κ1) is 15.2. The third-order valence-electron chi connectivity index (χ3n) is 4.34. The molecular formula is C16H22ClNO2. The maximum Gasteiger partial charge on any atom is 0.339 e. The molecule has 0 spiro atoms. The first-order chi connectivity index (χ1) is 9.51. The van der Waals surface area contributed by atoms with Crippen LogP contribution in [0.25, 0.3) is 0 Å². The topological polar surface area (TPSA) is 38.3 Å². The number of ether oxygens (including phenoxy) is 1. The zero-order chi connectivity index (χ0) is 14.7. The Morgan fingerprint density at radius 2 is 2.05 bits per heavy atom. The zero-order valence-corrected chi connectivity index (χ0v) is 13.0. The Morgan fingerprint density at radius 1 is 1.30 bits per heavy atom. The summed E-state index contributed by atoms with van der Waals surface area (Å²) < 4.78 is 4.82. The van der Waals surface area contributed by atoms with Crippen LogP contribution in [0.1, 0.15) is 43.5 Å². The largest absolute Gasteiger partial charge is 0.465 e. The van der Waals surface area contributed by atoms with Crippen LogP contribution in [0.4, 0.5) is 5.69 Å². The number of nitrogens with one attached hydrogen (secondary N) is 1. The van der Waals surface area contributed by atoms with Crippen molar-refractivity contribution < 1.29 is 9.53 Å². The maximum absolute atomic E-state index is 11.8. The molecule has 20 heavy (non-hydrogen) atoms. The second-order valence-corrected chi connectivity index (χ2v) is 6.23. The highest BCUT2D eigenvalue weighted by atomic mass is 35.5. The van der Waals surface area contributed by atoms with Crippen LogP contribution in [0.15, 0.2) is 18.2 Å². The fraction of sp³-hybridized carbons (Fsp3) is 0.562. The van der Waals surface area contributed by atoms with Crippen LogP contribution >= 0.6 is 11.6 Å². The third-order valence-corrected chi connectivity index (χ3v) is 4.58. The van der Waals surface area contributed by atoms with Gasteiger partial charge in [0.15, 0.2) is 0 Å². The standard InChI is InChI=1S/C16H22ClNO2/c1-10-4-6-13(8-11(10)2)18-15-9-12(17)5-7-14(15)16(19)20-3/h5,7,9-11,13,18H,4,6,8H2,1-3H3. The van der Waals surface area contributed by atoms with Crippen molar-refractivity contribution in [1.29, 1.82) is 0 Å². The third kappa shape index (κ3) is 3.45. The van der Waals surface area contributed by atoms with Gasteiger partial charge in [-0.1, -0.05) is 25.4 Å². The highest BCUT2D eigenvalue weighted by Gasteiger charge is 2.25. The van der Waals surface area contributed by atoms with Gasteiger partial charge >= 0.3 is 5.97 Å². The van der Waals surface area contributed by atoms with E-state index in [1.165, 1.54) is 13.5 Å². The first-order valence-corrected chi connectivity index (χ1v) is 7.53. The minimum absolute atomic E-state index is 0.332. The molecule has 0 radical (unpaired) electrons. The zero-order valence-electron chi connectivity index (χ0n) is 12.3. The number of methoxy groups -OCH3 is 1. The molecule has 1 saturated carbocycles. The number of carbonyl (C=O) groups excluding carboxylic acids is 1. The summed E-state index contributed by atoms with van der Waals surface area (Å²) >= 11 is 6.04. The van der Waals surface area contributed by atoms with Gasteiger partial charge in [0, 0.05) is 11.1 Å². The minimum atomic E-state index is -0.332. The monoisotopic (exact) mass is 295 g/mol. The summed E-state index contributed by atoms with van der Waals surface area (Å²) in [5.41, 5.74) is 1.32. The summed E-state index contributed by atoms with van der Waals surface area (Å²) in [5.74, 6) is 1.14. The lowest BCUT2D eigenvalue weighted by Crippen LogP contribution is -2.30. The number of hydrogen-bond donors (Lipinski definition) is 1. The first-order valence-electron chi connectivity index (χ1n) is 7.15. The molecule has 3 nitrogen and oxygen atoms in total. The molecule has 2 rings (SSSR count). The predicted octanol–water partition coefficient (Wildman–Crippen LogP) is 4.36. The van der Waals surface area contributed by atoms with E-state index in [2.05, 4.69) is 19.2 Å². The molecule has 1 aromatic rings. The van der Waals surface area contributed by atoms with Crippen LogP contribution in [0.3, 0.4) is 0 Å². The SMILES string of the molecule is COC(=O)c1ccc(Cl)cc1NC1CCC(C)C(C)C1. The molecule has 3 unspecified atom stereocenters. The summed E-state index contributed by atoms with van der Waals surface area (Å²) in [6, 6.07) is 5.62. The van der Waals surface area contributed by atoms with E-state index in [1.54, 1.807) is 18.2 Å². The van der Waals surface area contributed by atoms with Crippen LogP contribution < -0.4 is 5.32 Å².